The van der Waals surface area contributed by atoms with E-state index < -0.39 is 13.7 Å². The highest BCUT2D eigenvalue weighted by Crippen LogP contribution is 2.46. The summed E-state index contributed by atoms with van der Waals surface area (Å²) in [6.45, 7) is 12.5. The molecule has 0 bridgehead atoms. The maximum Gasteiger partial charge on any atom is 0.329 e. The van der Waals surface area contributed by atoms with Crippen molar-refractivity contribution < 1.29 is 23.8 Å². The molecule has 0 fully saturated rings. The lowest BCUT2D eigenvalue weighted by Gasteiger charge is -2.38. The molecule has 1 heterocycles. The summed E-state index contributed by atoms with van der Waals surface area (Å²) in [6.07, 6.45) is 11.9. The van der Waals surface area contributed by atoms with Crippen LogP contribution in [0.3, 0.4) is 0 Å². The molecule has 6 heteroatoms. The number of hydrogen-bond acceptors (Lipinski definition) is 3. The molecule has 0 aromatic heterocycles. The molecule has 2 unspecified atom stereocenters. The molecule has 0 radical (unpaired) electrons. The number of hydrogen-bond donors (Lipinski definition) is 2. The molecule has 0 aliphatic carbocycles. The van der Waals surface area contributed by atoms with Crippen LogP contribution in [0.5, 0.6) is 11.5 Å². The first-order chi connectivity index (χ1) is 15.0. The van der Waals surface area contributed by atoms with Crippen molar-refractivity contribution in [3.05, 3.63) is 22.3 Å². The average Bonchev–Trinajstić information content (AvgIpc) is 2.72. The Labute approximate surface area is 195 Å². The van der Waals surface area contributed by atoms with Crippen molar-refractivity contribution in [1.29, 1.82) is 0 Å². The Hall–Kier alpha value is -1.03. The molecule has 1 aliphatic heterocycles. The lowest BCUT2D eigenvalue weighted by molar-refractivity contribution is 0.0520. The van der Waals surface area contributed by atoms with E-state index in [0.717, 1.165) is 47.5 Å². The van der Waals surface area contributed by atoms with Crippen molar-refractivity contribution in [2.45, 2.75) is 124 Å². The monoisotopic (exact) mass is 468 g/mol. The quantitative estimate of drug-likeness (QED) is 0.237. The highest BCUT2D eigenvalue weighted by Gasteiger charge is 2.35. The van der Waals surface area contributed by atoms with E-state index in [1.807, 2.05) is 20.8 Å². The first-order valence-electron chi connectivity index (χ1n) is 12.5. The summed E-state index contributed by atoms with van der Waals surface area (Å²) in [6, 6.07) is 0. The molecule has 184 valence electrons. The first-order valence-corrected chi connectivity index (χ1v) is 14.3. The lowest BCUT2D eigenvalue weighted by Crippen LogP contribution is -2.37. The molecule has 5 nitrogen and oxygen atoms in total. The highest BCUT2D eigenvalue weighted by molar-refractivity contribution is 7.51. The van der Waals surface area contributed by atoms with Crippen LogP contribution >= 0.6 is 7.60 Å². The van der Waals surface area contributed by atoms with Gasteiger partial charge < -0.3 is 19.3 Å². The fraction of sp³-hybridized carbons (Fsp3) is 0.769. The predicted octanol–water partition coefficient (Wildman–Crippen LogP) is 7.17. The number of benzene rings is 1. The molecule has 2 N–H and O–H groups in total. The molecule has 32 heavy (non-hydrogen) atoms. The third-order valence-electron chi connectivity index (χ3n) is 7.05. The van der Waals surface area contributed by atoms with Gasteiger partial charge in [-0.05, 0) is 76.5 Å². The number of unbranched alkanes of at least 4 members (excludes halogenated alkanes) is 6. The Bertz CT molecular complexity index is 800. The van der Waals surface area contributed by atoms with Crippen LogP contribution in [0.4, 0.5) is 0 Å². The van der Waals surface area contributed by atoms with Gasteiger partial charge in [0.05, 0.1) is 6.16 Å². The smallest absolute Gasteiger partial charge is 0.329 e. The maximum absolute atomic E-state index is 11.5. The van der Waals surface area contributed by atoms with E-state index in [-0.39, 0.29) is 11.8 Å². The van der Waals surface area contributed by atoms with Gasteiger partial charge in [-0.25, -0.2) is 0 Å². The van der Waals surface area contributed by atoms with Crippen molar-refractivity contribution in [2.24, 2.45) is 0 Å². The second-order valence-electron chi connectivity index (χ2n) is 9.93. The van der Waals surface area contributed by atoms with Gasteiger partial charge in [0.1, 0.15) is 23.2 Å². The predicted molar refractivity (Wildman–Crippen MR) is 132 cm³/mol. The molecular formula is C26H45O5P. The zero-order valence-corrected chi connectivity index (χ0v) is 22.0. The van der Waals surface area contributed by atoms with E-state index in [1.165, 1.54) is 50.5 Å². The first kappa shape index (κ1) is 27.2. The van der Waals surface area contributed by atoms with E-state index in [9.17, 15) is 14.4 Å². The van der Waals surface area contributed by atoms with Crippen LogP contribution < -0.4 is 9.47 Å². The van der Waals surface area contributed by atoms with Crippen LogP contribution in [0.15, 0.2) is 0 Å². The minimum absolute atomic E-state index is 0.130. The summed E-state index contributed by atoms with van der Waals surface area (Å²) in [7, 11) is -4.13. The minimum Gasteiger partial charge on any atom is -0.489 e. The van der Waals surface area contributed by atoms with E-state index in [0.29, 0.717) is 6.42 Å². The van der Waals surface area contributed by atoms with Crippen LogP contribution in [0.2, 0.25) is 0 Å². The van der Waals surface area contributed by atoms with Gasteiger partial charge in [0, 0.05) is 5.56 Å². The minimum atomic E-state index is -4.13. The molecule has 0 saturated carbocycles. The van der Waals surface area contributed by atoms with Crippen LogP contribution in [-0.4, -0.2) is 27.7 Å². The normalized spacial score (nSPS) is 19.4. The summed E-state index contributed by atoms with van der Waals surface area (Å²) >= 11 is 0. The Morgan fingerprint density at radius 2 is 1.62 bits per heavy atom. The summed E-state index contributed by atoms with van der Waals surface area (Å²) in [4.78, 5) is 18.8. The molecular weight excluding hydrogens is 423 g/mol. The number of ether oxygens (including phenoxy) is 2. The molecule has 2 atom stereocenters. The van der Waals surface area contributed by atoms with Crippen LogP contribution in [0.25, 0.3) is 0 Å². The van der Waals surface area contributed by atoms with Crippen LogP contribution in [-0.2, 0) is 11.0 Å². The van der Waals surface area contributed by atoms with E-state index in [1.54, 1.807) is 0 Å². The summed E-state index contributed by atoms with van der Waals surface area (Å²) < 4.78 is 24.3. The second-order valence-corrected chi connectivity index (χ2v) is 11.6. The Kier molecular flexibility index (Phi) is 10.1. The van der Waals surface area contributed by atoms with Gasteiger partial charge in [-0.1, -0.05) is 52.4 Å². The zero-order chi connectivity index (χ0) is 23.9. The summed E-state index contributed by atoms with van der Waals surface area (Å²) in [5, 5.41) is 0. The molecule has 1 aromatic rings. The lowest BCUT2D eigenvalue weighted by atomic mass is 9.84. The van der Waals surface area contributed by atoms with Crippen LogP contribution in [0, 0.1) is 20.8 Å². The Balaban J connectivity index is 2.10. The summed E-state index contributed by atoms with van der Waals surface area (Å²) in [5.41, 5.74) is 4.19. The van der Waals surface area contributed by atoms with Gasteiger partial charge in [-0.15, -0.1) is 0 Å². The zero-order valence-electron chi connectivity index (χ0n) is 21.1. The third-order valence-corrected chi connectivity index (χ3v) is 7.94. The topological polar surface area (TPSA) is 76.0 Å². The average molecular weight is 469 g/mol. The molecule has 1 aromatic carbocycles. The third kappa shape index (κ3) is 7.50. The van der Waals surface area contributed by atoms with E-state index in [4.69, 9.17) is 9.47 Å². The second kappa shape index (κ2) is 11.9. The SMILES string of the molecule is CCCCCCCCCC1(C)CCc2c(C)c(OC(CC)CP(=O)(O)O)c(C)c(C)c2O1. The molecule has 0 saturated heterocycles. The fourth-order valence-electron chi connectivity index (χ4n) is 4.77. The Morgan fingerprint density at radius 1 is 1.00 bits per heavy atom. The van der Waals surface area contributed by atoms with Gasteiger partial charge in [0.25, 0.3) is 0 Å². The van der Waals surface area contributed by atoms with Gasteiger partial charge >= 0.3 is 7.60 Å². The van der Waals surface area contributed by atoms with Gasteiger partial charge in [-0.2, -0.15) is 0 Å². The largest absolute Gasteiger partial charge is 0.489 e. The van der Waals surface area contributed by atoms with Gasteiger partial charge in [0.2, 0.25) is 0 Å². The van der Waals surface area contributed by atoms with Gasteiger partial charge in [-0.3, -0.25) is 4.57 Å². The van der Waals surface area contributed by atoms with Crippen molar-refractivity contribution in [1.82, 2.24) is 0 Å². The Morgan fingerprint density at radius 3 is 2.22 bits per heavy atom. The molecule has 0 spiro atoms. The van der Waals surface area contributed by atoms with Crippen molar-refractivity contribution in [3.8, 4) is 11.5 Å². The van der Waals surface area contributed by atoms with E-state index >= 15 is 0 Å². The molecule has 1 aliphatic rings. The number of fused-ring (bicyclic) bond motifs is 1. The van der Waals surface area contributed by atoms with Crippen molar-refractivity contribution >= 4 is 7.60 Å². The number of rotatable bonds is 13. The van der Waals surface area contributed by atoms with Gasteiger partial charge in [0.15, 0.2) is 0 Å². The fourth-order valence-corrected chi connectivity index (χ4v) is 5.64. The molecule has 0 amide bonds. The summed E-state index contributed by atoms with van der Waals surface area (Å²) in [5.74, 6) is 1.76. The van der Waals surface area contributed by atoms with Crippen molar-refractivity contribution in [2.75, 3.05) is 6.16 Å². The highest BCUT2D eigenvalue weighted by atomic mass is 31.2. The van der Waals surface area contributed by atoms with E-state index in [2.05, 4.69) is 20.8 Å². The maximum atomic E-state index is 11.5. The molecule has 2 rings (SSSR count). The standard InChI is InChI=1S/C26H45O5P/c1-7-9-10-11-12-13-14-16-26(6)17-15-23-21(5)24(19(3)20(4)25(23)31-26)30-22(8-2)18-32(27,28)29/h22H,7-18H2,1-6H3,(H2,27,28,29). The van der Waals surface area contributed by atoms with Crippen molar-refractivity contribution in [3.63, 3.8) is 0 Å². The van der Waals surface area contributed by atoms with Crippen LogP contribution in [0.1, 0.15) is 107 Å².